The van der Waals surface area contributed by atoms with Gasteiger partial charge in [0.1, 0.15) is 11.6 Å². The minimum absolute atomic E-state index is 0.0390. The van der Waals surface area contributed by atoms with E-state index in [9.17, 15) is 18.3 Å². The maximum Gasteiger partial charge on any atom is 0.326 e. The van der Waals surface area contributed by atoms with E-state index >= 15 is 0 Å². The van der Waals surface area contributed by atoms with Crippen molar-refractivity contribution >= 4 is 15.8 Å². The largest absolute Gasteiger partial charge is 0.480 e. The highest BCUT2D eigenvalue weighted by molar-refractivity contribution is 7.90. The Labute approximate surface area is 111 Å². The summed E-state index contributed by atoms with van der Waals surface area (Å²) in [7, 11) is -3.33. The fraction of sp³-hybridized carbons (Fsp3) is 0.417. The summed E-state index contributed by atoms with van der Waals surface area (Å²) in [6, 6.07) is 5.35. The van der Waals surface area contributed by atoms with Crippen LogP contribution >= 0.6 is 0 Å². The normalized spacial score (nSPS) is 16.6. The zero-order chi connectivity index (χ0) is 14.8. The Balaban J connectivity index is 3.15. The Morgan fingerprint density at radius 3 is 2.16 bits per heavy atom. The molecule has 1 aromatic carbocycles. The van der Waals surface area contributed by atoms with Gasteiger partial charge >= 0.3 is 5.97 Å². The average molecular weight is 287 g/mol. The van der Waals surface area contributed by atoms with E-state index in [0.29, 0.717) is 0 Å². The summed E-state index contributed by atoms with van der Waals surface area (Å²) in [5.74, 6) is -1.31. The number of rotatable bonds is 5. The van der Waals surface area contributed by atoms with Crippen LogP contribution in [0.15, 0.2) is 29.2 Å². The molecule has 6 nitrogen and oxygen atoms in total. The molecule has 0 saturated heterocycles. The van der Waals surface area contributed by atoms with Crippen LogP contribution in [0.25, 0.3) is 0 Å². The monoisotopic (exact) mass is 287 g/mol. The fourth-order valence-corrected chi connectivity index (χ4v) is 2.29. The molecule has 1 rings (SSSR count). The van der Waals surface area contributed by atoms with Crippen molar-refractivity contribution in [2.45, 2.75) is 29.9 Å². The Morgan fingerprint density at radius 1 is 1.37 bits per heavy atom. The van der Waals surface area contributed by atoms with Gasteiger partial charge in [-0.2, -0.15) is 0 Å². The van der Waals surface area contributed by atoms with Gasteiger partial charge in [0.2, 0.25) is 0 Å². The first-order valence-corrected chi connectivity index (χ1v) is 7.52. The maximum absolute atomic E-state index is 11.3. The van der Waals surface area contributed by atoms with Crippen molar-refractivity contribution in [1.82, 2.24) is 0 Å². The molecular weight excluding hydrogens is 270 g/mol. The van der Waals surface area contributed by atoms with E-state index in [1.165, 1.54) is 24.3 Å². The Morgan fingerprint density at radius 2 is 1.84 bits per heavy atom. The van der Waals surface area contributed by atoms with Gasteiger partial charge in [-0.3, -0.25) is 4.79 Å². The minimum Gasteiger partial charge on any atom is -0.480 e. The van der Waals surface area contributed by atoms with Crippen molar-refractivity contribution in [3.8, 4) is 0 Å². The lowest BCUT2D eigenvalue weighted by molar-refractivity contribution is -0.148. The first-order valence-electron chi connectivity index (χ1n) is 5.63. The molecule has 0 amide bonds. The van der Waals surface area contributed by atoms with Crippen molar-refractivity contribution in [2.24, 2.45) is 5.73 Å². The van der Waals surface area contributed by atoms with Gasteiger partial charge in [-0.1, -0.05) is 19.1 Å². The van der Waals surface area contributed by atoms with Crippen LogP contribution in [0.4, 0.5) is 0 Å². The number of hydrogen-bond donors (Lipinski definition) is 3. The molecule has 0 bridgehead atoms. The predicted molar refractivity (Wildman–Crippen MR) is 69.4 cm³/mol. The van der Waals surface area contributed by atoms with E-state index in [2.05, 4.69) is 0 Å². The van der Waals surface area contributed by atoms with Crippen LogP contribution in [-0.2, 0) is 14.6 Å². The second-order valence-corrected chi connectivity index (χ2v) is 6.46. The second kappa shape index (κ2) is 5.28. The minimum atomic E-state index is -3.33. The number of sulfone groups is 1. The molecule has 0 aliphatic heterocycles. The van der Waals surface area contributed by atoms with Crippen molar-refractivity contribution in [1.29, 1.82) is 0 Å². The van der Waals surface area contributed by atoms with E-state index in [0.717, 1.165) is 6.26 Å². The van der Waals surface area contributed by atoms with E-state index in [4.69, 9.17) is 10.8 Å². The van der Waals surface area contributed by atoms with Gasteiger partial charge in [-0.05, 0) is 24.1 Å². The summed E-state index contributed by atoms with van der Waals surface area (Å²) in [6.45, 7) is 1.56. The van der Waals surface area contributed by atoms with Crippen molar-refractivity contribution in [2.75, 3.05) is 6.26 Å². The Bertz CT molecular complexity index is 566. The van der Waals surface area contributed by atoms with E-state index < -0.39 is 27.4 Å². The number of nitrogens with two attached hydrogens (primary N) is 1. The third-order valence-corrected chi connectivity index (χ3v) is 4.22. The molecule has 19 heavy (non-hydrogen) atoms. The SMILES string of the molecule is CC[C@@](N)(C(=O)O)[C@H](O)c1ccc(S(C)(=O)=O)cc1. The van der Waals surface area contributed by atoms with E-state index in [-0.39, 0.29) is 16.9 Å². The molecule has 0 unspecified atom stereocenters. The van der Waals surface area contributed by atoms with Crippen LogP contribution in [-0.4, -0.2) is 36.4 Å². The third-order valence-electron chi connectivity index (χ3n) is 3.10. The number of aliphatic hydroxyl groups is 1. The van der Waals surface area contributed by atoms with E-state index in [1.54, 1.807) is 6.92 Å². The van der Waals surface area contributed by atoms with Crippen LogP contribution < -0.4 is 5.73 Å². The number of benzene rings is 1. The molecule has 0 aliphatic rings. The molecule has 1 aromatic rings. The smallest absolute Gasteiger partial charge is 0.326 e. The molecule has 4 N–H and O–H groups in total. The van der Waals surface area contributed by atoms with Crippen LogP contribution in [0.5, 0.6) is 0 Å². The summed E-state index contributed by atoms with van der Waals surface area (Å²) < 4.78 is 22.6. The second-order valence-electron chi connectivity index (χ2n) is 4.44. The summed E-state index contributed by atoms with van der Waals surface area (Å²) in [6.07, 6.45) is -0.310. The molecular formula is C12H17NO5S. The van der Waals surface area contributed by atoms with Gasteiger partial charge in [0.05, 0.1) is 4.90 Å². The number of carboxylic acids is 1. The molecule has 106 valence electrons. The lowest BCUT2D eigenvalue weighted by Crippen LogP contribution is -2.52. The fourth-order valence-electron chi connectivity index (χ4n) is 1.66. The first kappa shape index (κ1) is 15.6. The highest BCUT2D eigenvalue weighted by Gasteiger charge is 2.40. The molecule has 0 heterocycles. The van der Waals surface area contributed by atoms with Crippen molar-refractivity contribution in [3.05, 3.63) is 29.8 Å². The number of aliphatic hydroxyl groups excluding tert-OH is 1. The molecule has 0 aromatic heterocycles. The molecule has 0 spiro atoms. The number of carboxylic acid groups (broad SMARTS) is 1. The summed E-state index contributed by atoms with van der Waals surface area (Å²) >= 11 is 0. The predicted octanol–water partition coefficient (Wildman–Crippen LogP) is 0.316. The molecule has 7 heteroatoms. The Kier molecular flexibility index (Phi) is 4.34. The summed E-state index contributed by atoms with van der Waals surface area (Å²) in [5.41, 5.74) is 4.14. The number of hydrogen-bond acceptors (Lipinski definition) is 5. The van der Waals surface area contributed by atoms with Gasteiger partial charge in [-0.25, -0.2) is 8.42 Å². The van der Waals surface area contributed by atoms with Crippen LogP contribution in [0.2, 0.25) is 0 Å². The average Bonchev–Trinajstić information content (AvgIpc) is 2.35. The summed E-state index contributed by atoms with van der Waals surface area (Å²) in [4.78, 5) is 11.2. The first-order chi connectivity index (χ1) is 8.63. The number of carbonyl (C=O) groups is 1. The maximum atomic E-state index is 11.3. The van der Waals surface area contributed by atoms with Gasteiger partial charge in [0.25, 0.3) is 0 Å². The third kappa shape index (κ3) is 3.12. The molecule has 0 aliphatic carbocycles. The molecule has 2 atom stereocenters. The number of aliphatic carboxylic acids is 1. The molecule has 0 fully saturated rings. The van der Waals surface area contributed by atoms with Crippen molar-refractivity contribution in [3.63, 3.8) is 0 Å². The van der Waals surface area contributed by atoms with Gasteiger partial charge < -0.3 is 15.9 Å². The zero-order valence-electron chi connectivity index (χ0n) is 10.7. The molecule has 0 saturated carbocycles. The summed E-state index contributed by atoms with van der Waals surface area (Å²) in [5, 5.41) is 19.1. The Hall–Kier alpha value is -1.44. The lowest BCUT2D eigenvalue weighted by Gasteiger charge is -2.29. The standard InChI is InChI=1S/C12H17NO5S/c1-3-12(13,11(15)16)10(14)8-4-6-9(7-5-8)19(2,17)18/h4-7,10,14H,3,13H2,1-2H3,(H,15,16)/t10-,12+/m1/s1. The van der Waals surface area contributed by atoms with Crippen LogP contribution in [0, 0.1) is 0 Å². The highest BCUT2D eigenvalue weighted by atomic mass is 32.2. The lowest BCUT2D eigenvalue weighted by atomic mass is 9.86. The van der Waals surface area contributed by atoms with Crippen molar-refractivity contribution < 1.29 is 23.4 Å². The van der Waals surface area contributed by atoms with Crippen LogP contribution in [0.1, 0.15) is 25.0 Å². The molecule has 0 radical (unpaired) electrons. The van der Waals surface area contributed by atoms with E-state index in [1.807, 2.05) is 0 Å². The topological polar surface area (TPSA) is 118 Å². The van der Waals surface area contributed by atoms with Gasteiger partial charge in [-0.15, -0.1) is 0 Å². The van der Waals surface area contributed by atoms with Crippen LogP contribution in [0.3, 0.4) is 0 Å². The van der Waals surface area contributed by atoms with Gasteiger partial charge in [0.15, 0.2) is 9.84 Å². The highest BCUT2D eigenvalue weighted by Crippen LogP contribution is 2.27. The zero-order valence-corrected chi connectivity index (χ0v) is 11.5. The quantitative estimate of drug-likeness (QED) is 0.717. The van der Waals surface area contributed by atoms with Gasteiger partial charge in [0, 0.05) is 6.26 Å².